The van der Waals surface area contributed by atoms with Gasteiger partial charge >= 0.3 is 0 Å². The molecule has 0 aromatic heterocycles. The zero-order chi connectivity index (χ0) is 20.7. The van der Waals surface area contributed by atoms with Crippen LogP contribution in [-0.4, -0.2) is 40.1 Å². The van der Waals surface area contributed by atoms with Crippen LogP contribution in [0.25, 0.3) is 0 Å². The summed E-state index contributed by atoms with van der Waals surface area (Å²) in [6, 6.07) is 12.3. The molecule has 0 saturated carbocycles. The Morgan fingerprint density at radius 3 is 1.97 bits per heavy atom. The van der Waals surface area contributed by atoms with Crippen molar-refractivity contribution in [1.29, 1.82) is 0 Å². The Balaban J connectivity index is 1.53. The quantitative estimate of drug-likeness (QED) is 0.733. The van der Waals surface area contributed by atoms with Crippen molar-refractivity contribution in [3.8, 4) is 11.5 Å². The van der Waals surface area contributed by atoms with E-state index in [-0.39, 0.29) is 11.1 Å². The van der Waals surface area contributed by atoms with Crippen LogP contribution in [-0.2, 0) is 9.59 Å². The van der Waals surface area contributed by atoms with Crippen LogP contribution in [0.5, 0.6) is 11.5 Å². The number of rotatable bonds is 5. The number of ether oxygens (including phenoxy) is 1. The zero-order valence-corrected chi connectivity index (χ0v) is 15.9. The van der Waals surface area contributed by atoms with E-state index in [1.165, 1.54) is 17.7 Å². The minimum Gasteiger partial charge on any atom is -0.457 e. The highest BCUT2D eigenvalue weighted by atomic mass is 16.5. The van der Waals surface area contributed by atoms with Crippen molar-refractivity contribution < 1.29 is 23.9 Å². The first-order valence-corrected chi connectivity index (χ1v) is 9.17. The van der Waals surface area contributed by atoms with E-state index in [1.54, 1.807) is 6.07 Å². The van der Waals surface area contributed by atoms with Gasteiger partial charge in [-0.3, -0.25) is 29.0 Å². The van der Waals surface area contributed by atoms with E-state index >= 15 is 0 Å². The number of fused-ring (bicyclic) bond motifs is 1. The summed E-state index contributed by atoms with van der Waals surface area (Å²) in [7, 11) is 0. The minimum atomic E-state index is -0.571. The van der Waals surface area contributed by atoms with Crippen LogP contribution in [0.1, 0.15) is 46.0 Å². The molecule has 4 amide bonds. The van der Waals surface area contributed by atoms with Crippen molar-refractivity contribution in [3.63, 3.8) is 0 Å². The Morgan fingerprint density at radius 2 is 1.34 bits per heavy atom. The predicted octanol–water partition coefficient (Wildman–Crippen LogP) is 3.08. The topological polar surface area (TPSA) is 84.0 Å². The fourth-order valence-electron chi connectivity index (χ4n) is 3.23. The highest BCUT2D eigenvalue weighted by Crippen LogP contribution is 2.30. The van der Waals surface area contributed by atoms with Gasteiger partial charge in [0.2, 0.25) is 0 Å². The molecule has 0 aliphatic carbocycles. The number of amides is 4. The summed E-state index contributed by atoms with van der Waals surface area (Å²) in [5.74, 6) is -0.797. The molecule has 0 unspecified atom stereocenters. The first-order valence-electron chi connectivity index (χ1n) is 9.17. The third-order valence-electron chi connectivity index (χ3n) is 4.91. The maximum Gasteiger partial charge on any atom is 0.263 e. The summed E-state index contributed by atoms with van der Waals surface area (Å²) in [5.41, 5.74) is 1.58. The number of hydrogen-bond donors (Lipinski definition) is 0. The SMILES string of the molecule is CC(C)c1ccc(Oc2ccc3c(c2)C(=O)N(CN2C(=O)C=CC2=O)C3=O)cc1. The molecule has 2 aliphatic rings. The normalized spacial score (nSPS) is 15.7. The zero-order valence-electron chi connectivity index (χ0n) is 15.9. The van der Waals surface area contributed by atoms with Crippen molar-refractivity contribution in [2.24, 2.45) is 0 Å². The number of benzene rings is 2. The van der Waals surface area contributed by atoms with E-state index < -0.39 is 30.3 Å². The summed E-state index contributed by atoms with van der Waals surface area (Å²) >= 11 is 0. The van der Waals surface area contributed by atoms with E-state index in [2.05, 4.69) is 13.8 Å². The second-order valence-corrected chi connectivity index (χ2v) is 7.15. The van der Waals surface area contributed by atoms with Crippen molar-refractivity contribution in [2.75, 3.05) is 6.67 Å². The molecule has 0 bridgehead atoms. The highest BCUT2D eigenvalue weighted by molar-refractivity contribution is 6.22. The van der Waals surface area contributed by atoms with Crippen LogP contribution in [0.2, 0.25) is 0 Å². The Labute approximate surface area is 167 Å². The summed E-state index contributed by atoms with van der Waals surface area (Å²) < 4.78 is 5.81. The van der Waals surface area contributed by atoms with Gasteiger partial charge < -0.3 is 4.74 Å². The van der Waals surface area contributed by atoms with Gasteiger partial charge in [-0.05, 0) is 41.8 Å². The number of imide groups is 2. The molecule has 29 heavy (non-hydrogen) atoms. The van der Waals surface area contributed by atoms with Gasteiger partial charge in [0.15, 0.2) is 0 Å². The molecule has 7 nitrogen and oxygen atoms in total. The lowest BCUT2D eigenvalue weighted by molar-refractivity contribution is -0.138. The van der Waals surface area contributed by atoms with Crippen LogP contribution < -0.4 is 4.74 Å². The van der Waals surface area contributed by atoms with Gasteiger partial charge in [-0.15, -0.1) is 0 Å². The molecule has 2 aromatic rings. The molecular formula is C22H18N2O5. The molecule has 0 N–H and O–H groups in total. The first kappa shape index (κ1) is 18.6. The molecule has 7 heteroatoms. The molecule has 2 heterocycles. The summed E-state index contributed by atoms with van der Waals surface area (Å²) in [5, 5.41) is 0. The average Bonchev–Trinajstić information content (AvgIpc) is 3.14. The number of carbonyl (C=O) groups is 4. The van der Waals surface area contributed by atoms with Gasteiger partial charge in [-0.1, -0.05) is 26.0 Å². The van der Waals surface area contributed by atoms with E-state index in [4.69, 9.17) is 4.74 Å². The fourth-order valence-corrected chi connectivity index (χ4v) is 3.23. The van der Waals surface area contributed by atoms with Crippen molar-refractivity contribution in [1.82, 2.24) is 9.80 Å². The molecule has 2 aromatic carbocycles. The van der Waals surface area contributed by atoms with Crippen molar-refractivity contribution in [3.05, 3.63) is 71.3 Å². The van der Waals surface area contributed by atoms with Crippen LogP contribution in [0.15, 0.2) is 54.6 Å². The van der Waals surface area contributed by atoms with E-state index in [0.29, 0.717) is 17.4 Å². The van der Waals surface area contributed by atoms with E-state index in [1.807, 2.05) is 24.3 Å². The first-order chi connectivity index (χ1) is 13.8. The average molecular weight is 390 g/mol. The second kappa shape index (κ2) is 7.01. The Morgan fingerprint density at radius 1 is 0.759 bits per heavy atom. The molecular weight excluding hydrogens is 372 g/mol. The summed E-state index contributed by atoms with van der Waals surface area (Å²) in [6.45, 7) is 3.79. The van der Waals surface area contributed by atoms with E-state index in [9.17, 15) is 19.2 Å². The van der Waals surface area contributed by atoms with Crippen molar-refractivity contribution >= 4 is 23.6 Å². The smallest absolute Gasteiger partial charge is 0.263 e. The molecule has 4 rings (SSSR count). The third kappa shape index (κ3) is 3.31. The third-order valence-corrected chi connectivity index (χ3v) is 4.91. The lowest BCUT2D eigenvalue weighted by atomic mass is 10.0. The van der Waals surface area contributed by atoms with Gasteiger partial charge in [-0.2, -0.15) is 0 Å². The molecule has 0 fully saturated rings. The van der Waals surface area contributed by atoms with Crippen LogP contribution in [0.4, 0.5) is 0 Å². The Bertz CT molecular complexity index is 1050. The largest absolute Gasteiger partial charge is 0.457 e. The highest BCUT2D eigenvalue weighted by Gasteiger charge is 2.39. The Hall–Kier alpha value is -3.74. The van der Waals surface area contributed by atoms with Crippen LogP contribution in [0, 0.1) is 0 Å². The lowest BCUT2D eigenvalue weighted by Crippen LogP contribution is -2.43. The molecule has 0 saturated heterocycles. The van der Waals surface area contributed by atoms with E-state index in [0.717, 1.165) is 22.0 Å². The molecule has 0 spiro atoms. The van der Waals surface area contributed by atoms with Gasteiger partial charge in [0.1, 0.15) is 18.2 Å². The van der Waals surface area contributed by atoms with Crippen LogP contribution >= 0.6 is 0 Å². The number of carbonyl (C=O) groups excluding carboxylic acids is 4. The maximum atomic E-state index is 12.7. The monoisotopic (exact) mass is 390 g/mol. The minimum absolute atomic E-state index is 0.179. The van der Waals surface area contributed by atoms with Gasteiger partial charge in [0.05, 0.1) is 11.1 Å². The number of nitrogens with zero attached hydrogens (tertiary/aromatic N) is 2. The summed E-state index contributed by atoms with van der Waals surface area (Å²) in [6.07, 6.45) is 2.22. The molecule has 0 atom stereocenters. The molecule has 0 radical (unpaired) electrons. The second-order valence-electron chi connectivity index (χ2n) is 7.15. The van der Waals surface area contributed by atoms with Gasteiger partial charge in [0.25, 0.3) is 23.6 Å². The van der Waals surface area contributed by atoms with Gasteiger partial charge in [-0.25, -0.2) is 0 Å². The fraction of sp³-hybridized carbons (Fsp3) is 0.182. The van der Waals surface area contributed by atoms with Crippen molar-refractivity contribution in [2.45, 2.75) is 19.8 Å². The predicted molar refractivity (Wildman–Crippen MR) is 103 cm³/mol. The molecule has 2 aliphatic heterocycles. The molecule has 146 valence electrons. The Kier molecular flexibility index (Phi) is 4.50. The number of hydrogen-bond acceptors (Lipinski definition) is 5. The maximum absolute atomic E-state index is 12.7. The standard InChI is InChI=1S/C22H18N2O5/c1-13(2)14-3-5-15(6-4-14)29-16-7-8-17-18(11-16)22(28)24(21(17)27)12-23-19(25)9-10-20(23)26/h3-11,13H,12H2,1-2H3. The lowest BCUT2D eigenvalue weighted by Gasteiger charge is -2.20. The van der Waals surface area contributed by atoms with Gasteiger partial charge in [0, 0.05) is 12.2 Å². The summed E-state index contributed by atoms with van der Waals surface area (Å²) in [4.78, 5) is 50.5. The van der Waals surface area contributed by atoms with Crippen LogP contribution in [0.3, 0.4) is 0 Å².